The molecule has 0 saturated carbocycles. The Hall–Kier alpha value is -1.10. The maximum atomic E-state index is 11.9. The lowest BCUT2D eigenvalue weighted by Crippen LogP contribution is -2.15. The van der Waals surface area contributed by atoms with Gasteiger partial charge in [-0.05, 0) is 24.1 Å². The monoisotopic (exact) mass is 204 g/mol. The zero-order valence-electron chi connectivity index (χ0n) is 7.46. The molecule has 0 aliphatic rings. The van der Waals surface area contributed by atoms with E-state index in [2.05, 4.69) is 4.98 Å². The normalized spacial score (nSPS) is 14.0. The van der Waals surface area contributed by atoms with Gasteiger partial charge in [-0.2, -0.15) is 13.2 Å². The summed E-state index contributed by atoms with van der Waals surface area (Å²) >= 11 is 0. The maximum absolute atomic E-state index is 11.9. The third-order valence-corrected chi connectivity index (χ3v) is 1.87. The van der Waals surface area contributed by atoms with Gasteiger partial charge < -0.3 is 5.73 Å². The van der Waals surface area contributed by atoms with Crippen molar-refractivity contribution in [2.24, 2.45) is 5.73 Å². The summed E-state index contributed by atoms with van der Waals surface area (Å²) in [5.41, 5.74) is 6.26. The lowest BCUT2D eigenvalue weighted by atomic mass is 10.0. The fraction of sp³-hybridized carbons (Fsp3) is 0.444. The Labute approximate surface area is 79.9 Å². The predicted octanol–water partition coefficient (Wildman–Crippen LogP) is 2.42. The lowest BCUT2D eigenvalue weighted by Gasteiger charge is -2.12. The molecule has 0 aliphatic carbocycles. The first-order chi connectivity index (χ1) is 6.49. The van der Waals surface area contributed by atoms with Gasteiger partial charge in [0, 0.05) is 24.9 Å². The molecule has 0 amide bonds. The summed E-state index contributed by atoms with van der Waals surface area (Å²) in [6.45, 7) is 0. The summed E-state index contributed by atoms with van der Waals surface area (Å²) < 4.78 is 35.6. The highest BCUT2D eigenvalue weighted by Crippen LogP contribution is 2.25. The summed E-state index contributed by atoms with van der Waals surface area (Å²) in [6.07, 6.45) is -2.04. The third-order valence-electron chi connectivity index (χ3n) is 1.87. The number of nitrogens with two attached hydrogens (primary N) is 1. The van der Waals surface area contributed by atoms with E-state index >= 15 is 0 Å². The van der Waals surface area contributed by atoms with Gasteiger partial charge in [-0.15, -0.1) is 0 Å². The van der Waals surface area contributed by atoms with Crippen LogP contribution in [0.25, 0.3) is 0 Å². The Kier molecular flexibility index (Phi) is 3.46. The molecule has 78 valence electrons. The number of rotatable bonds is 3. The van der Waals surface area contributed by atoms with E-state index in [1.54, 1.807) is 12.1 Å². The molecule has 2 N–H and O–H groups in total. The van der Waals surface area contributed by atoms with Gasteiger partial charge >= 0.3 is 6.18 Å². The quantitative estimate of drug-likeness (QED) is 0.821. The van der Waals surface area contributed by atoms with Crippen molar-refractivity contribution in [3.63, 3.8) is 0 Å². The topological polar surface area (TPSA) is 38.9 Å². The van der Waals surface area contributed by atoms with Gasteiger partial charge in [-0.1, -0.05) is 0 Å². The van der Waals surface area contributed by atoms with Gasteiger partial charge in [0.2, 0.25) is 0 Å². The highest BCUT2D eigenvalue weighted by molar-refractivity contribution is 5.14. The zero-order valence-corrected chi connectivity index (χ0v) is 7.46. The van der Waals surface area contributed by atoms with Crippen LogP contribution < -0.4 is 5.73 Å². The second kappa shape index (κ2) is 4.41. The summed E-state index contributed by atoms with van der Waals surface area (Å²) in [6, 6.07) is 2.68. The molecule has 0 radical (unpaired) electrons. The molecular weight excluding hydrogens is 193 g/mol. The van der Waals surface area contributed by atoms with Crippen LogP contribution in [0.3, 0.4) is 0 Å². The molecule has 1 atom stereocenters. The Morgan fingerprint density at radius 3 is 2.36 bits per heavy atom. The maximum Gasteiger partial charge on any atom is 0.389 e. The zero-order chi connectivity index (χ0) is 10.6. The minimum Gasteiger partial charge on any atom is -0.324 e. The van der Waals surface area contributed by atoms with Crippen LogP contribution in [0.5, 0.6) is 0 Å². The lowest BCUT2D eigenvalue weighted by molar-refractivity contribution is -0.136. The number of alkyl halides is 3. The van der Waals surface area contributed by atoms with Crippen molar-refractivity contribution in [1.82, 2.24) is 4.98 Å². The van der Waals surface area contributed by atoms with E-state index in [1.165, 1.54) is 12.4 Å². The van der Waals surface area contributed by atoms with Crippen LogP contribution in [0.4, 0.5) is 13.2 Å². The minimum atomic E-state index is -4.13. The Balaban J connectivity index is 2.48. The first kappa shape index (κ1) is 11.0. The summed E-state index contributed by atoms with van der Waals surface area (Å²) in [5.74, 6) is 0. The van der Waals surface area contributed by atoms with Crippen LogP contribution in [-0.4, -0.2) is 11.2 Å². The largest absolute Gasteiger partial charge is 0.389 e. The van der Waals surface area contributed by atoms with Gasteiger partial charge in [0.1, 0.15) is 0 Å². The molecule has 1 heterocycles. The van der Waals surface area contributed by atoms with Crippen LogP contribution in [0.2, 0.25) is 0 Å². The molecule has 1 aromatic heterocycles. The average molecular weight is 204 g/mol. The molecule has 14 heavy (non-hydrogen) atoms. The molecule has 0 fully saturated rings. The van der Waals surface area contributed by atoms with E-state index in [9.17, 15) is 13.2 Å². The third kappa shape index (κ3) is 3.74. The summed E-state index contributed by atoms with van der Waals surface area (Å²) in [5, 5.41) is 0. The first-order valence-electron chi connectivity index (χ1n) is 4.21. The summed E-state index contributed by atoms with van der Waals surface area (Å²) in [4.78, 5) is 3.76. The van der Waals surface area contributed by atoms with E-state index in [0.29, 0.717) is 5.56 Å². The number of halogens is 3. The standard InChI is InChI=1S/C9H11F3N2/c10-9(11,12)4-1-8(13)7-2-5-14-6-3-7/h2-3,5-6,8H,1,4,13H2/t8-/m0/s1. The van der Waals surface area contributed by atoms with Crippen LogP contribution in [-0.2, 0) is 0 Å². The number of hydrogen-bond acceptors (Lipinski definition) is 2. The molecule has 1 aromatic rings. The second-order valence-corrected chi connectivity index (χ2v) is 3.04. The smallest absolute Gasteiger partial charge is 0.324 e. The van der Waals surface area contributed by atoms with Crippen molar-refractivity contribution in [3.05, 3.63) is 30.1 Å². The average Bonchev–Trinajstić information content (AvgIpc) is 2.14. The van der Waals surface area contributed by atoms with E-state index in [-0.39, 0.29) is 6.42 Å². The van der Waals surface area contributed by atoms with Gasteiger partial charge in [0.15, 0.2) is 0 Å². The number of pyridine rings is 1. The van der Waals surface area contributed by atoms with Gasteiger partial charge in [-0.3, -0.25) is 4.98 Å². The van der Waals surface area contributed by atoms with Crippen molar-refractivity contribution in [1.29, 1.82) is 0 Å². The summed E-state index contributed by atoms with van der Waals surface area (Å²) in [7, 11) is 0. The van der Waals surface area contributed by atoms with Crippen LogP contribution >= 0.6 is 0 Å². The Morgan fingerprint density at radius 2 is 1.86 bits per heavy atom. The van der Waals surface area contributed by atoms with Crippen molar-refractivity contribution >= 4 is 0 Å². The van der Waals surface area contributed by atoms with E-state index in [4.69, 9.17) is 5.73 Å². The van der Waals surface area contributed by atoms with Crippen molar-refractivity contribution in [2.45, 2.75) is 25.1 Å². The number of nitrogens with zero attached hydrogens (tertiary/aromatic N) is 1. The first-order valence-corrected chi connectivity index (χ1v) is 4.21. The fourth-order valence-electron chi connectivity index (χ4n) is 1.10. The molecule has 0 saturated heterocycles. The Morgan fingerprint density at radius 1 is 1.29 bits per heavy atom. The van der Waals surface area contributed by atoms with Crippen molar-refractivity contribution < 1.29 is 13.2 Å². The van der Waals surface area contributed by atoms with E-state index in [1.807, 2.05) is 0 Å². The molecule has 0 spiro atoms. The Bertz CT molecular complexity index is 271. The highest BCUT2D eigenvalue weighted by Gasteiger charge is 2.27. The van der Waals surface area contributed by atoms with Gasteiger partial charge in [-0.25, -0.2) is 0 Å². The van der Waals surface area contributed by atoms with E-state index in [0.717, 1.165) is 0 Å². The second-order valence-electron chi connectivity index (χ2n) is 3.04. The molecular formula is C9H11F3N2. The van der Waals surface area contributed by atoms with Crippen LogP contribution in [0.15, 0.2) is 24.5 Å². The van der Waals surface area contributed by atoms with Crippen LogP contribution in [0.1, 0.15) is 24.4 Å². The number of aromatic nitrogens is 1. The minimum absolute atomic E-state index is 0.0898. The molecule has 0 unspecified atom stereocenters. The molecule has 0 bridgehead atoms. The molecule has 0 aliphatic heterocycles. The van der Waals surface area contributed by atoms with Gasteiger partial charge in [0.05, 0.1) is 0 Å². The van der Waals surface area contributed by atoms with E-state index < -0.39 is 18.6 Å². The molecule has 1 rings (SSSR count). The molecule has 0 aromatic carbocycles. The predicted molar refractivity (Wildman–Crippen MR) is 46.5 cm³/mol. The van der Waals surface area contributed by atoms with Crippen molar-refractivity contribution in [2.75, 3.05) is 0 Å². The van der Waals surface area contributed by atoms with Gasteiger partial charge in [0.25, 0.3) is 0 Å². The van der Waals surface area contributed by atoms with Crippen LogP contribution in [0, 0.1) is 0 Å². The molecule has 2 nitrogen and oxygen atoms in total. The fourth-order valence-corrected chi connectivity index (χ4v) is 1.10. The van der Waals surface area contributed by atoms with Crippen molar-refractivity contribution in [3.8, 4) is 0 Å². The number of hydrogen-bond donors (Lipinski definition) is 1. The SMILES string of the molecule is N[C@@H](CCC(F)(F)F)c1ccncc1. The molecule has 5 heteroatoms. The highest BCUT2D eigenvalue weighted by atomic mass is 19.4.